The number of halogens is 3. The molecule has 0 aliphatic heterocycles. The van der Waals surface area contributed by atoms with Gasteiger partial charge in [0.2, 0.25) is 0 Å². The molecule has 2 heterocycles. The minimum Gasteiger partial charge on any atom is -0.263 e. The van der Waals surface area contributed by atoms with Gasteiger partial charge in [-0.1, -0.05) is 23.2 Å². The molecule has 0 N–H and O–H groups in total. The van der Waals surface area contributed by atoms with Crippen molar-refractivity contribution in [3.05, 3.63) is 56.6 Å². The molecule has 0 aliphatic carbocycles. The summed E-state index contributed by atoms with van der Waals surface area (Å²) in [5.41, 5.74) is 0. The van der Waals surface area contributed by atoms with E-state index in [1.54, 1.807) is 36.9 Å². The highest BCUT2D eigenvalue weighted by Gasteiger charge is 1.89. The second-order valence-electron chi connectivity index (χ2n) is 2.46. The van der Waals surface area contributed by atoms with Crippen LogP contribution in [0.15, 0.2) is 43.0 Å². The van der Waals surface area contributed by atoms with Crippen LogP contribution in [0.25, 0.3) is 0 Å². The van der Waals surface area contributed by atoms with Gasteiger partial charge in [-0.2, -0.15) is 0 Å². The first kappa shape index (κ1) is 12.7. The lowest BCUT2D eigenvalue weighted by molar-refractivity contribution is 1.32. The standard InChI is InChI=1S/C5H3ClIN.C5H4ClN/c6-4-3-8-2-1-5(4)7;6-5-2-1-3-7-4-5/h1-3H;1-4H. The van der Waals surface area contributed by atoms with Crippen molar-refractivity contribution in [2.75, 3.05) is 0 Å². The van der Waals surface area contributed by atoms with E-state index >= 15 is 0 Å². The van der Waals surface area contributed by atoms with Crippen molar-refractivity contribution in [2.45, 2.75) is 0 Å². The van der Waals surface area contributed by atoms with E-state index in [0.717, 1.165) is 3.57 Å². The first-order chi connectivity index (χ1) is 7.20. The van der Waals surface area contributed by atoms with Crippen molar-refractivity contribution >= 4 is 45.8 Å². The Balaban J connectivity index is 0.000000151. The molecular weight excluding hydrogens is 346 g/mol. The Hall–Kier alpha value is -0.390. The fraction of sp³-hybridized carbons (Fsp3) is 0. The lowest BCUT2D eigenvalue weighted by Gasteiger charge is -1.88. The zero-order valence-electron chi connectivity index (χ0n) is 7.57. The summed E-state index contributed by atoms with van der Waals surface area (Å²) in [6.45, 7) is 0. The number of pyridine rings is 2. The Morgan fingerprint density at radius 1 is 1.00 bits per heavy atom. The van der Waals surface area contributed by atoms with Crippen molar-refractivity contribution in [1.29, 1.82) is 0 Å². The van der Waals surface area contributed by atoms with Crippen LogP contribution in [0.3, 0.4) is 0 Å². The van der Waals surface area contributed by atoms with Crippen molar-refractivity contribution in [3.63, 3.8) is 0 Å². The molecule has 15 heavy (non-hydrogen) atoms. The Kier molecular flexibility index (Phi) is 5.90. The Morgan fingerprint density at radius 2 is 1.73 bits per heavy atom. The van der Waals surface area contributed by atoms with Gasteiger partial charge in [0.25, 0.3) is 0 Å². The largest absolute Gasteiger partial charge is 0.263 e. The Morgan fingerprint density at radius 3 is 2.07 bits per heavy atom. The molecule has 0 saturated carbocycles. The van der Waals surface area contributed by atoms with Crippen LogP contribution in [0.5, 0.6) is 0 Å². The monoisotopic (exact) mass is 352 g/mol. The van der Waals surface area contributed by atoms with Gasteiger partial charge in [0.1, 0.15) is 0 Å². The quantitative estimate of drug-likeness (QED) is 0.668. The van der Waals surface area contributed by atoms with Crippen LogP contribution < -0.4 is 0 Å². The van der Waals surface area contributed by atoms with Crippen LogP contribution in [0.1, 0.15) is 0 Å². The number of hydrogen-bond donors (Lipinski definition) is 0. The summed E-state index contributed by atoms with van der Waals surface area (Å²) in [7, 11) is 0. The van der Waals surface area contributed by atoms with Crippen LogP contribution >= 0.6 is 45.8 Å². The highest BCUT2D eigenvalue weighted by Crippen LogP contribution is 2.14. The molecule has 0 aromatic carbocycles. The highest BCUT2D eigenvalue weighted by molar-refractivity contribution is 14.1. The van der Waals surface area contributed by atoms with Gasteiger partial charge in [-0.15, -0.1) is 0 Å². The van der Waals surface area contributed by atoms with E-state index in [0.29, 0.717) is 10.0 Å². The van der Waals surface area contributed by atoms with Gasteiger partial charge in [-0.05, 0) is 40.8 Å². The maximum atomic E-state index is 5.64. The maximum absolute atomic E-state index is 5.64. The molecule has 0 saturated heterocycles. The molecule has 0 atom stereocenters. The molecule has 0 aliphatic rings. The topological polar surface area (TPSA) is 25.8 Å². The second kappa shape index (κ2) is 6.98. The molecular formula is C10H7Cl2IN2. The zero-order valence-corrected chi connectivity index (χ0v) is 11.2. The predicted molar refractivity (Wildman–Crippen MR) is 71.2 cm³/mol. The molecule has 78 valence electrons. The SMILES string of the molecule is Clc1cccnc1.Clc1cnccc1I. The molecule has 2 aromatic heterocycles. The number of hydrogen-bond acceptors (Lipinski definition) is 2. The van der Waals surface area contributed by atoms with Crippen molar-refractivity contribution in [2.24, 2.45) is 0 Å². The first-order valence-corrected chi connectivity index (χ1v) is 5.84. The fourth-order valence-corrected chi connectivity index (χ4v) is 1.25. The zero-order chi connectivity index (χ0) is 11.1. The summed E-state index contributed by atoms with van der Waals surface area (Å²) in [6, 6.07) is 5.44. The van der Waals surface area contributed by atoms with E-state index in [4.69, 9.17) is 23.2 Å². The highest BCUT2D eigenvalue weighted by atomic mass is 127. The second-order valence-corrected chi connectivity index (χ2v) is 4.47. The fourth-order valence-electron chi connectivity index (χ4n) is 0.700. The van der Waals surface area contributed by atoms with Crippen LogP contribution in [0.4, 0.5) is 0 Å². The molecule has 2 nitrogen and oxygen atoms in total. The maximum Gasteiger partial charge on any atom is 0.0722 e. The van der Waals surface area contributed by atoms with Crippen LogP contribution in [0, 0.1) is 3.57 Å². The van der Waals surface area contributed by atoms with Crippen LogP contribution in [-0.4, -0.2) is 9.97 Å². The van der Waals surface area contributed by atoms with Gasteiger partial charge in [0.05, 0.1) is 10.0 Å². The third kappa shape index (κ3) is 5.30. The van der Waals surface area contributed by atoms with E-state index in [2.05, 4.69) is 32.6 Å². The summed E-state index contributed by atoms with van der Waals surface area (Å²) in [4.78, 5) is 7.56. The number of aromatic nitrogens is 2. The molecule has 0 fully saturated rings. The van der Waals surface area contributed by atoms with Crippen molar-refractivity contribution < 1.29 is 0 Å². The summed E-state index contributed by atoms with van der Waals surface area (Å²) < 4.78 is 1.04. The van der Waals surface area contributed by atoms with Gasteiger partial charge in [-0.3, -0.25) is 9.97 Å². The third-order valence-corrected chi connectivity index (χ3v) is 3.13. The Labute approximate surface area is 112 Å². The summed E-state index contributed by atoms with van der Waals surface area (Å²) in [5, 5.41) is 1.40. The summed E-state index contributed by atoms with van der Waals surface area (Å²) >= 11 is 13.3. The first-order valence-electron chi connectivity index (χ1n) is 4.00. The summed E-state index contributed by atoms with van der Waals surface area (Å²) in [5.74, 6) is 0. The van der Waals surface area contributed by atoms with Gasteiger partial charge in [0, 0.05) is 28.4 Å². The molecule has 0 bridgehead atoms. The number of nitrogens with zero attached hydrogens (tertiary/aromatic N) is 2. The van der Waals surface area contributed by atoms with Crippen LogP contribution in [0.2, 0.25) is 10.0 Å². The smallest absolute Gasteiger partial charge is 0.0722 e. The third-order valence-electron chi connectivity index (χ3n) is 1.35. The molecule has 0 unspecified atom stereocenters. The summed E-state index contributed by atoms with van der Waals surface area (Å²) in [6.07, 6.45) is 6.63. The van der Waals surface area contributed by atoms with Crippen molar-refractivity contribution in [1.82, 2.24) is 9.97 Å². The van der Waals surface area contributed by atoms with Gasteiger partial charge in [-0.25, -0.2) is 0 Å². The molecule has 0 radical (unpaired) electrons. The van der Waals surface area contributed by atoms with Crippen molar-refractivity contribution in [3.8, 4) is 0 Å². The normalized spacial score (nSPS) is 9.00. The van der Waals surface area contributed by atoms with E-state index in [-0.39, 0.29) is 0 Å². The molecule has 0 spiro atoms. The minimum atomic E-state index is 0.683. The molecule has 2 rings (SSSR count). The lowest BCUT2D eigenvalue weighted by atomic mass is 10.5. The average molecular weight is 353 g/mol. The molecule has 2 aromatic rings. The predicted octanol–water partition coefficient (Wildman–Crippen LogP) is 4.07. The van der Waals surface area contributed by atoms with E-state index < -0.39 is 0 Å². The van der Waals surface area contributed by atoms with Gasteiger partial charge in [0.15, 0.2) is 0 Å². The lowest BCUT2D eigenvalue weighted by Crippen LogP contribution is -1.73. The van der Waals surface area contributed by atoms with Gasteiger partial charge >= 0.3 is 0 Å². The Bertz CT molecular complexity index is 388. The van der Waals surface area contributed by atoms with Crippen LogP contribution in [-0.2, 0) is 0 Å². The number of rotatable bonds is 0. The van der Waals surface area contributed by atoms with Gasteiger partial charge < -0.3 is 0 Å². The molecule has 5 heteroatoms. The van der Waals surface area contributed by atoms with E-state index in [9.17, 15) is 0 Å². The van der Waals surface area contributed by atoms with E-state index in [1.165, 1.54) is 0 Å². The minimum absolute atomic E-state index is 0.683. The van der Waals surface area contributed by atoms with E-state index in [1.807, 2.05) is 6.07 Å². The average Bonchev–Trinajstić information content (AvgIpc) is 2.25. The molecule has 0 amide bonds.